The van der Waals surface area contributed by atoms with Crippen molar-refractivity contribution in [3.8, 4) is 6.07 Å². The number of azo groups is 1. The molecule has 1 N–H and O–H groups in total. The van der Waals surface area contributed by atoms with E-state index in [1.807, 2.05) is 39.0 Å². The van der Waals surface area contributed by atoms with E-state index in [9.17, 15) is 10.1 Å². The number of carbonyl (C=O) groups is 1. The Labute approximate surface area is 183 Å². The minimum Gasteiger partial charge on any atom is -0.367 e. The van der Waals surface area contributed by atoms with Gasteiger partial charge < -0.3 is 10.2 Å². The topological polar surface area (TPSA) is 93.7 Å². The summed E-state index contributed by atoms with van der Waals surface area (Å²) in [5, 5.41) is 21.3. The maximum Gasteiger partial charge on any atom is 0.229 e. The van der Waals surface area contributed by atoms with Crippen molar-refractivity contribution in [2.45, 2.75) is 67.5 Å². The molecule has 1 aromatic carbocycles. The third kappa shape index (κ3) is 5.42. The number of nitrogens with zero attached hydrogens (tertiary/aromatic N) is 5. The highest BCUT2D eigenvalue weighted by Crippen LogP contribution is 2.35. The van der Waals surface area contributed by atoms with Crippen LogP contribution in [0.3, 0.4) is 0 Å². The molecular weight excluding hydrogens is 396 g/mol. The van der Waals surface area contributed by atoms with Gasteiger partial charge in [-0.25, -0.2) is 0 Å². The van der Waals surface area contributed by atoms with E-state index in [2.05, 4.69) is 58.6 Å². The highest BCUT2D eigenvalue weighted by molar-refractivity contribution is 7.10. The van der Waals surface area contributed by atoms with Gasteiger partial charge in [0, 0.05) is 23.2 Å². The second-order valence-corrected chi connectivity index (χ2v) is 9.51. The molecule has 30 heavy (non-hydrogen) atoms. The molecule has 1 aromatic heterocycles. The van der Waals surface area contributed by atoms with E-state index >= 15 is 0 Å². The van der Waals surface area contributed by atoms with Crippen LogP contribution in [0.5, 0.6) is 0 Å². The molecule has 160 valence electrons. The predicted molar refractivity (Wildman–Crippen MR) is 123 cm³/mol. The van der Waals surface area contributed by atoms with Crippen molar-refractivity contribution in [1.29, 1.82) is 5.26 Å². The zero-order valence-electron chi connectivity index (χ0n) is 18.9. The standard InChI is InChI=1S/C22H30N6OS/c1-13(2)28(14(3)4)16-9-10-18(19(11-16)24-21(29)22(6,7)8)25-26-20-17(12-23)15(5)27-30-20/h9-11,13-14H,1-8H3,(H,24,29)/b26-25+. The molecule has 0 atom stereocenters. The van der Waals surface area contributed by atoms with Crippen LogP contribution in [0.15, 0.2) is 28.4 Å². The zero-order valence-corrected chi connectivity index (χ0v) is 19.8. The molecule has 8 heteroatoms. The van der Waals surface area contributed by atoms with Crippen molar-refractivity contribution in [2.75, 3.05) is 10.2 Å². The van der Waals surface area contributed by atoms with Gasteiger partial charge in [-0.05, 0) is 64.4 Å². The summed E-state index contributed by atoms with van der Waals surface area (Å²) in [6.07, 6.45) is 0. The van der Waals surface area contributed by atoms with Crippen LogP contribution in [0.2, 0.25) is 0 Å². The Morgan fingerprint density at radius 3 is 2.37 bits per heavy atom. The molecule has 1 amide bonds. The Hall–Kier alpha value is -2.79. The van der Waals surface area contributed by atoms with Gasteiger partial charge in [-0.3, -0.25) is 4.79 Å². The smallest absolute Gasteiger partial charge is 0.229 e. The highest BCUT2D eigenvalue weighted by atomic mass is 32.1. The molecule has 0 aliphatic rings. The quantitative estimate of drug-likeness (QED) is 0.545. The number of nitriles is 1. The number of carbonyl (C=O) groups excluding carboxylic acids is 1. The number of aromatic nitrogens is 1. The SMILES string of the molecule is Cc1nsc(/N=N/c2ccc(N(C(C)C)C(C)C)cc2NC(=O)C(C)(C)C)c1C#N. The molecule has 0 unspecified atom stereocenters. The Balaban J connectivity index is 2.51. The van der Waals surface area contributed by atoms with E-state index < -0.39 is 5.41 Å². The number of benzene rings is 1. The normalized spacial score (nSPS) is 11.9. The van der Waals surface area contributed by atoms with Crippen molar-refractivity contribution in [3.05, 3.63) is 29.5 Å². The molecular formula is C22H30N6OS. The van der Waals surface area contributed by atoms with E-state index in [0.717, 1.165) is 17.2 Å². The van der Waals surface area contributed by atoms with Gasteiger partial charge >= 0.3 is 0 Å². The summed E-state index contributed by atoms with van der Waals surface area (Å²) in [6.45, 7) is 15.9. The first kappa shape index (κ1) is 23.5. The fraction of sp³-hybridized carbons (Fsp3) is 0.500. The lowest BCUT2D eigenvalue weighted by molar-refractivity contribution is -0.123. The van der Waals surface area contributed by atoms with E-state index in [1.165, 1.54) is 0 Å². The Kier molecular flexibility index (Phi) is 7.32. The number of amides is 1. The van der Waals surface area contributed by atoms with Crippen LogP contribution in [0.4, 0.5) is 22.1 Å². The van der Waals surface area contributed by atoms with Crippen LogP contribution < -0.4 is 10.2 Å². The Morgan fingerprint density at radius 1 is 1.20 bits per heavy atom. The molecule has 0 spiro atoms. The molecule has 2 rings (SSSR count). The first-order valence-corrected chi connectivity index (χ1v) is 10.7. The van der Waals surface area contributed by atoms with Crippen molar-refractivity contribution in [1.82, 2.24) is 4.37 Å². The van der Waals surface area contributed by atoms with E-state index in [-0.39, 0.29) is 5.91 Å². The van der Waals surface area contributed by atoms with Gasteiger partial charge in [0.15, 0.2) is 5.00 Å². The van der Waals surface area contributed by atoms with E-state index in [0.29, 0.717) is 39.7 Å². The van der Waals surface area contributed by atoms with Gasteiger partial charge in [0.05, 0.1) is 11.4 Å². The predicted octanol–water partition coefficient (Wildman–Crippen LogP) is 6.35. The third-order valence-corrected chi connectivity index (χ3v) is 5.35. The fourth-order valence-corrected chi connectivity index (χ4v) is 3.70. The summed E-state index contributed by atoms with van der Waals surface area (Å²) in [4.78, 5) is 14.9. The molecule has 0 aliphatic carbocycles. The number of nitrogens with one attached hydrogen (secondary N) is 1. The first-order chi connectivity index (χ1) is 14.0. The first-order valence-electron chi connectivity index (χ1n) is 9.97. The van der Waals surface area contributed by atoms with Crippen molar-refractivity contribution < 1.29 is 4.79 Å². The van der Waals surface area contributed by atoms with Crippen LogP contribution in [-0.4, -0.2) is 22.4 Å². The van der Waals surface area contributed by atoms with Crippen LogP contribution in [0.25, 0.3) is 0 Å². The second kappa shape index (κ2) is 9.35. The molecule has 0 aliphatic heterocycles. The summed E-state index contributed by atoms with van der Waals surface area (Å²) < 4.78 is 4.17. The Bertz CT molecular complexity index is 970. The maximum absolute atomic E-state index is 12.7. The van der Waals surface area contributed by atoms with Crippen molar-refractivity contribution in [2.24, 2.45) is 15.6 Å². The van der Waals surface area contributed by atoms with Crippen LogP contribution in [-0.2, 0) is 4.79 Å². The van der Waals surface area contributed by atoms with Gasteiger partial charge in [-0.1, -0.05) is 20.8 Å². The fourth-order valence-electron chi connectivity index (χ4n) is 3.03. The molecule has 1 heterocycles. The lowest BCUT2D eigenvalue weighted by atomic mass is 9.95. The lowest BCUT2D eigenvalue weighted by Gasteiger charge is -2.33. The number of aryl methyl sites for hydroxylation is 1. The van der Waals surface area contributed by atoms with Crippen molar-refractivity contribution >= 4 is 39.5 Å². The average Bonchev–Trinajstić information content (AvgIpc) is 2.99. The molecule has 0 saturated heterocycles. The van der Waals surface area contributed by atoms with Crippen LogP contribution in [0.1, 0.15) is 59.7 Å². The summed E-state index contributed by atoms with van der Waals surface area (Å²) in [5.41, 5.74) is 2.61. The van der Waals surface area contributed by atoms with Crippen LogP contribution in [0, 0.1) is 23.7 Å². The van der Waals surface area contributed by atoms with Gasteiger partial charge in [0.25, 0.3) is 0 Å². The van der Waals surface area contributed by atoms with Gasteiger partial charge in [0.1, 0.15) is 17.3 Å². The minimum absolute atomic E-state index is 0.108. The third-order valence-electron chi connectivity index (χ3n) is 4.53. The highest BCUT2D eigenvalue weighted by Gasteiger charge is 2.23. The number of rotatable bonds is 6. The molecule has 2 aromatic rings. The summed E-state index contributed by atoms with van der Waals surface area (Å²) >= 11 is 1.13. The molecule has 0 radical (unpaired) electrons. The molecule has 0 bridgehead atoms. The number of hydrogen-bond donors (Lipinski definition) is 1. The minimum atomic E-state index is -0.553. The number of hydrogen-bond acceptors (Lipinski definition) is 7. The monoisotopic (exact) mass is 426 g/mol. The van der Waals surface area contributed by atoms with E-state index in [4.69, 9.17) is 0 Å². The summed E-state index contributed by atoms with van der Waals surface area (Å²) in [7, 11) is 0. The number of anilines is 2. The molecule has 7 nitrogen and oxygen atoms in total. The average molecular weight is 427 g/mol. The zero-order chi connectivity index (χ0) is 22.6. The lowest BCUT2D eigenvalue weighted by Crippen LogP contribution is -2.37. The Morgan fingerprint density at radius 2 is 1.83 bits per heavy atom. The summed E-state index contributed by atoms with van der Waals surface area (Å²) in [5.74, 6) is -0.108. The van der Waals surface area contributed by atoms with Gasteiger partial charge in [-0.15, -0.1) is 10.2 Å². The van der Waals surface area contributed by atoms with Gasteiger partial charge in [0.2, 0.25) is 5.91 Å². The maximum atomic E-state index is 12.7. The second-order valence-electron chi connectivity index (χ2n) is 8.76. The largest absolute Gasteiger partial charge is 0.367 e. The van der Waals surface area contributed by atoms with E-state index in [1.54, 1.807) is 6.92 Å². The van der Waals surface area contributed by atoms with Crippen LogP contribution >= 0.6 is 11.5 Å². The molecule has 0 fully saturated rings. The molecule has 0 saturated carbocycles. The summed E-state index contributed by atoms with van der Waals surface area (Å²) in [6, 6.07) is 8.45. The van der Waals surface area contributed by atoms with Crippen molar-refractivity contribution in [3.63, 3.8) is 0 Å². The van der Waals surface area contributed by atoms with Gasteiger partial charge in [-0.2, -0.15) is 9.64 Å².